The van der Waals surface area contributed by atoms with Gasteiger partial charge in [-0.2, -0.15) is 13.2 Å². The topological polar surface area (TPSA) is 72.4 Å². The predicted octanol–water partition coefficient (Wildman–Crippen LogP) is 4.50. The Hall–Kier alpha value is -3.97. The second kappa shape index (κ2) is 12.9. The second-order valence-electron chi connectivity index (χ2n) is 9.67. The maximum Gasteiger partial charge on any atom is 0.420 e. The van der Waals surface area contributed by atoms with Crippen LogP contribution in [0.25, 0.3) is 0 Å². The molecule has 0 atom stereocenters. The van der Waals surface area contributed by atoms with Crippen LogP contribution in [0.1, 0.15) is 63.7 Å². The molecule has 2 aromatic carbocycles. The van der Waals surface area contributed by atoms with Gasteiger partial charge in [0.05, 0.1) is 19.7 Å². The van der Waals surface area contributed by atoms with Crippen molar-refractivity contribution < 1.29 is 27.5 Å². The molecule has 1 radical (unpaired) electrons. The first kappa shape index (κ1) is 29.0. The van der Waals surface area contributed by atoms with Crippen LogP contribution in [0.4, 0.5) is 13.2 Å². The molecule has 3 aromatic rings. The van der Waals surface area contributed by atoms with Crippen molar-refractivity contribution in [2.75, 3.05) is 20.2 Å². The summed E-state index contributed by atoms with van der Waals surface area (Å²) in [4.78, 5) is 32.7. The van der Waals surface area contributed by atoms with Crippen LogP contribution >= 0.6 is 0 Å². The molecule has 4 rings (SSSR count). The minimum Gasteiger partial charge on any atom is -0.469 e. The first-order valence-electron chi connectivity index (χ1n) is 12.9. The molecule has 0 N–H and O–H groups in total. The van der Waals surface area contributed by atoms with E-state index < -0.39 is 23.4 Å². The van der Waals surface area contributed by atoms with Gasteiger partial charge in [0.1, 0.15) is 17.1 Å². The maximum atomic E-state index is 13.7. The van der Waals surface area contributed by atoms with Gasteiger partial charge in [-0.15, -0.1) is 0 Å². The second-order valence-corrected chi connectivity index (χ2v) is 9.67. The molecule has 1 fully saturated rings. The number of aromatic nitrogens is 2. The lowest BCUT2D eigenvalue weighted by atomic mass is 9.82. The SMILES string of the molecule is COC(=O)Cc1ccccc1C#Cc1nc(Cc2ccc(C3CCN([B]C=O)CC3)c(C)c2)ncc1C(F)(F)F. The van der Waals surface area contributed by atoms with E-state index >= 15 is 0 Å². The van der Waals surface area contributed by atoms with Gasteiger partial charge in [0, 0.05) is 18.2 Å². The number of ether oxygens (including phenoxy) is 1. The number of carbonyl (C=O) groups is 2. The summed E-state index contributed by atoms with van der Waals surface area (Å²) in [6.07, 6.45) is -1.00. The molecule has 10 heteroatoms. The summed E-state index contributed by atoms with van der Waals surface area (Å²) < 4.78 is 45.9. The molecule has 1 saturated heterocycles. The van der Waals surface area contributed by atoms with Gasteiger partial charge in [-0.25, -0.2) is 9.97 Å². The van der Waals surface area contributed by atoms with Crippen molar-refractivity contribution in [3.05, 3.63) is 93.6 Å². The van der Waals surface area contributed by atoms with Gasteiger partial charge in [0.15, 0.2) is 0 Å². The Bertz CT molecular complexity index is 1440. The zero-order chi connectivity index (χ0) is 28.7. The molecule has 0 unspecified atom stereocenters. The van der Waals surface area contributed by atoms with Gasteiger partial charge < -0.3 is 14.3 Å². The van der Waals surface area contributed by atoms with E-state index in [1.54, 1.807) is 31.7 Å². The molecule has 0 aliphatic carbocycles. The van der Waals surface area contributed by atoms with E-state index in [-0.39, 0.29) is 18.7 Å². The van der Waals surface area contributed by atoms with Crippen molar-refractivity contribution in [2.24, 2.45) is 0 Å². The lowest BCUT2D eigenvalue weighted by Gasteiger charge is -2.31. The minimum atomic E-state index is -4.68. The fourth-order valence-corrected chi connectivity index (χ4v) is 4.89. The van der Waals surface area contributed by atoms with Crippen LogP contribution in [-0.2, 0) is 33.3 Å². The third-order valence-electron chi connectivity index (χ3n) is 6.98. The number of rotatable bonds is 7. The van der Waals surface area contributed by atoms with Crippen LogP contribution in [0.15, 0.2) is 48.7 Å². The highest BCUT2D eigenvalue weighted by Gasteiger charge is 2.34. The number of carbonyl (C=O) groups excluding carboxylic acids is 2. The molecule has 0 spiro atoms. The number of esters is 1. The van der Waals surface area contributed by atoms with Gasteiger partial charge in [-0.05, 0) is 73.0 Å². The van der Waals surface area contributed by atoms with E-state index in [4.69, 9.17) is 4.74 Å². The molecule has 1 aliphatic rings. The standard InChI is InChI=1S/C30H28BF3N3O3/c1-20-15-21(7-9-25(20)23-11-13-37(14-12-23)31-19-38)16-28-35-18-26(30(32,33)34)27(36-28)10-8-22-5-3-4-6-24(22)17-29(39)40-2/h3-7,9,15,18-19,23H,11-14,16-17H2,1-2H3. The smallest absolute Gasteiger partial charge is 0.420 e. The Balaban J connectivity index is 1.57. The van der Waals surface area contributed by atoms with Crippen LogP contribution in [0.2, 0.25) is 0 Å². The summed E-state index contributed by atoms with van der Waals surface area (Å²) in [5.74, 6) is 5.46. The zero-order valence-corrected chi connectivity index (χ0v) is 22.3. The monoisotopic (exact) mass is 546 g/mol. The van der Waals surface area contributed by atoms with Crippen LogP contribution < -0.4 is 0 Å². The average Bonchev–Trinajstić information content (AvgIpc) is 2.93. The molecule has 1 aromatic heterocycles. The normalized spacial score (nSPS) is 14.2. The van der Waals surface area contributed by atoms with E-state index in [0.29, 0.717) is 17.0 Å². The molecule has 40 heavy (non-hydrogen) atoms. The lowest BCUT2D eigenvalue weighted by molar-refractivity contribution is -0.140. The van der Waals surface area contributed by atoms with E-state index in [0.717, 1.165) is 49.4 Å². The lowest BCUT2D eigenvalue weighted by Crippen LogP contribution is -2.36. The molecule has 2 heterocycles. The average molecular weight is 546 g/mol. The highest BCUT2D eigenvalue weighted by atomic mass is 19.4. The summed E-state index contributed by atoms with van der Waals surface area (Å²) in [5.41, 5.74) is 2.76. The van der Waals surface area contributed by atoms with Crippen molar-refractivity contribution in [1.82, 2.24) is 14.8 Å². The third kappa shape index (κ3) is 7.36. The Labute approximate surface area is 232 Å². The number of methoxy groups -OCH3 is 1. The number of hydrogen-bond acceptors (Lipinski definition) is 6. The number of benzene rings is 2. The molecular weight excluding hydrogens is 518 g/mol. The fourth-order valence-electron chi connectivity index (χ4n) is 4.89. The predicted molar refractivity (Wildman–Crippen MR) is 145 cm³/mol. The fraction of sp³-hybridized carbons (Fsp3) is 0.333. The quantitative estimate of drug-likeness (QED) is 0.188. The van der Waals surface area contributed by atoms with Crippen molar-refractivity contribution >= 4 is 19.6 Å². The first-order valence-corrected chi connectivity index (χ1v) is 12.9. The largest absolute Gasteiger partial charge is 0.469 e. The van der Waals surface area contributed by atoms with Crippen LogP contribution in [0.3, 0.4) is 0 Å². The van der Waals surface area contributed by atoms with Crippen LogP contribution in [0, 0.1) is 18.8 Å². The van der Waals surface area contributed by atoms with Crippen molar-refractivity contribution in [3.8, 4) is 11.8 Å². The highest BCUT2D eigenvalue weighted by Crippen LogP contribution is 2.32. The van der Waals surface area contributed by atoms with Crippen LogP contribution in [0.5, 0.6) is 0 Å². The molecule has 6 nitrogen and oxygen atoms in total. The number of alkyl halides is 3. The summed E-state index contributed by atoms with van der Waals surface area (Å²) in [6.45, 7) is 3.67. The molecule has 0 bridgehead atoms. The Kier molecular flexibility index (Phi) is 9.38. The molecule has 0 saturated carbocycles. The van der Waals surface area contributed by atoms with E-state index in [1.165, 1.54) is 12.7 Å². The first-order chi connectivity index (χ1) is 19.2. The van der Waals surface area contributed by atoms with Crippen molar-refractivity contribution in [1.29, 1.82) is 0 Å². The molecule has 0 amide bonds. The molecule has 205 valence electrons. The summed E-state index contributed by atoms with van der Waals surface area (Å²) in [5, 5.41) is 0. The van der Waals surface area contributed by atoms with Gasteiger partial charge in [0.25, 0.3) is 7.41 Å². The van der Waals surface area contributed by atoms with Gasteiger partial charge in [-0.3, -0.25) is 4.79 Å². The van der Waals surface area contributed by atoms with E-state index in [2.05, 4.69) is 27.9 Å². The summed E-state index contributed by atoms with van der Waals surface area (Å²) >= 11 is 0. The zero-order valence-electron chi connectivity index (χ0n) is 22.3. The Morgan fingerprint density at radius 1 is 1.18 bits per heavy atom. The third-order valence-corrected chi connectivity index (χ3v) is 6.98. The van der Waals surface area contributed by atoms with Gasteiger partial charge >= 0.3 is 12.1 Å². The van der Waals surface area contributed by atoms with E-state index in [9.17, 15) is 22.8 Å². The summed E-state index contributed by atoms with van der Waals surface area (Å²) in [6, 6.07) is 12.8. The van der Waals surface area contributed by atoms with E-state index in [1.807, 2.05) is 23.9 Å². The minimum absolute atomic E-state index is 0.0475. The number of hydrogen-bond donors (Lipinski definition) is 0. The van der Waals surface area contributed by atoms with Crippen LogP contribution in [-0.4, -0.2) is 54.5 Å². The van der Waals surface area contributed by atoms with Gasteiger partial charge in [0.2, 0.25) is 0 Å². The maximum absolute atomic E-state index is 13.7. The number of piperidine rings is 1. The Morgan fingerprint density at radius 2 is 1.93 bits per heavy atom. The summed E-state index contributed by atoms with van der Waals surface area (Å²) in [7, 11) is 2.85. The molecule has 1 aliphatic heterocycles. The number of nitrogens with zero attached hydrogens (tertiary/aromatic N) is 3. The van der Waals surface area contributed by atoms with Crippen molar-refractivity contribution in [3.63, 3.8) is 0 Å². The molecular formula is C30H28BF3N3O3. The van der Waals surface area contributed by atoms with Gasteiger partial charge in [-0.1, -0.05) is 42.3 Å². The number of aryl methyl sites for hydroxylation is 1. The van der Waals surface area contributed by atoms with Crippen molar-refractivity contribution in [2.45, 2.75) is 44.7 Å². The number of halogens is 3. The Morgan fingerprint density at radius 3 is 2.60 bits per heavy atom. The highest BCUT2D eigenvalue weighted by molar-refractivity contribution is 6.64.